The second-order valence-corrected chi connectivity index (χ2v) is 6.18. The first-order valence-electron chi connectivity index (χ1n) is 8.16. The van der Waals surface area contributed by atoms with Crippen LogP contribution in [0, 0.1) is 16.0 Å². The lowest BCUT2D eigenvalue weighted by Gasteiger charge is -2.41. The number of nitrogens with zero attached hydrogens (tertiary/aromatic N) is 2. The Kier molecular flexibility index (Phi) is 5.09. The van der Waals surface area contributed by atoms with Crippen molar-refractivity contribution in [2.75, 3.05) is 39.4 Å². The Morgan fingerprint density at radius 3 is 2.65 bits per heavy atom. The quantitative estimate of drug-likeness (QED) is 0.648. The molecule has 7 heteroatoms. The Hall–Kier alpha value is -1.70. The molecule has 0 spiro atoms. The number of piperazine rings is 1. The van der Waals surface area contributed by atoms with Crippen LogP contribution in [0.5, 0.6) is 5.75 Å². The summed E-state index contributed by atoms with van der Waals surface area (Å²) in [6.45, 7) is 4.98. The van der Waals surface area contributed by atoms with Crippen molar-refractivity contribution in [1.29, 1.82) is 0 Å². The highest BCUT2D eigenvalue weighted by Crippen LogP contribution is 2.40. The third kappa shape index (κ3) is 3.63. The van der Waals surface area contributed by atoms with Crippen LogP contribution in [0.1, 0.15) is 24.4 Å². The Morgan fingerprint density at radius 1 is 1.30 bits per heavy atom. The molecule has 2 saturated heterocycles. The lowest BCUT2D eigenvalue weighted by Crippen LogP contribution is -2.47. The van der Waals surface area contributed by atoms with Gasteiger partial charge in [-0.05, 0) is 24.8 Å². The van der Waals surface area contributed by atoms with Crippen LogP contribution >= 0.6 is 0 Å². The predicted octanol–water partition coefficient (Wildman–Crippen LogP) is 1.67. The summed E-state index contributed by atoms with van der Waals surface area (Å²) >= 11 is 0. The van der Waals surface area contributed by atoms with Crippen LogP contribution in [-0.4, -0.2) is 54.3 Å². The molecule has 1 aromatic carbocycles. The Bertz CT molecular complexity index is 536. The summed E-state index contributed by atoms with van der Waals surface area (Å²) in [5.74, 6) is 0.486. The molecule has 0 bridgehead atoms. The maximum Gasteiger partial charge on any atom is 0.270 e. The average Bonchev–Trinajstić information content (AvgIpc) is 2.58. The molecule has 0 aliphatic carbocycles. The van der Waals surface area contributed by atoms with Crippen molar-refractivity contribution in [3.63, 3.8) is 0 Å². The molecule has 0 radical (unpaired) electrons. The molecule has 0 aromatic heterocycles. The molecule has 0 amide bonds. The molecule has 7 nitrogen and oxygen atoms in total. The molecule has 3 rings (SSSR count). The van der Waals surface area contributed by atoms with Crippen LogP contribution in [0.25, 0.3) is 0 Å². The number of phenols is 1. The molecular weight excluding hydrogens is 298 g/mol. The van der Waals surface area contributed by atoms with Crippen molar-refractivity contribution in [3.8, 4) is 5.75 Å². The molecule has 0 saturated carbocycles. The second-order valence-electron chi connectivity index (χ2n) is 6.18. The van der Waals surface area contributed by atoms with Crippen LogP contribution < -0.4 is 5.32 Å². The zero-order chi connectivity index (χ0) is 16.2. The lowest BCUT2D eigenvalue weighted by atomic mass is 9.85. The van der Waals surface area contributed by atoms with E-state index >= 15 is 0 Å². The number of nitro benzene ring substituents is 1. The zero-order valence-corrected chi connectivity index (χ0v) is 13.1. The highest BCUT2D eigenvalue weighted by Gasteiger charge is 2.33. The third-order valence-electron chi connectivity index (χ3n) is 4.80. The summed E-state index contributed by atoms with van der Waals surface area (Å²) in [6, 6.07) is 4.35. The molecule has 23 heavy (non-hydrogen) atoms. The van der Waals surface area contributed by atoms with Gasteiger partial charge in [0.1, 0.15) is 5.75 Å². The van der Waals surface area contributed by atoms with E-state index in [1.165, 1.54) is 18.2 Å². The number of rotatable bonds is 4. The van der Waals surface area contributed by atoms with Crippen molar-refractivity contribution in [3.05, 3.63) is 33.9 Å². The second kappa shape index (κ2) is 7.25. The van der Waals surface area contributed by atoms with E-state index < -0.39 is 4.92 Å². The van der Waals surface area contributed by atoms with Gasteiger partial charge in [0.05, 0.1) is 4.92 Å². The highest BCUT2D eigenvalue weighted by molar-refractivity contribution is 5.45. The van der Waals surface area contributed by atoms with Gasteiger partial charge in [0, 0.05) is 63.1 Å². The van der Waals surface area contributed by atoms with Gasteiger partial charge < -0.3 is 15.2 Å². The molecule has 126 valence electrons. The molecule has 2 heterocycles. The minimum atomic E-state index is -0.401. The number of hydrogen-bond donors (Lipinski definition) is 2. The van der Waals surface area contributed by atoms with E-state index in [1.54, 1.807) is 0 Å². The Morgan fingerprint density at radius 2 is 2.00 bits per heavy atom. The van der Waals surface area contributed by atoms with Crippen LogP contribution in [0.4, 0.5) is 5.69 Å². The van der Waals surface area contributed by atoms with Gasteiger partial charge in [0.2, 0.25) is 0 Å². The molecule has 1 aromatic rings. The van der Waals surface area contributed by atoms with Crippen LogP contribution in [0.2, 0.25) is 0 Å². The highest BCUT2D eigenvalue weighted by atomic mass is 16.6. The van der Waals surface area contributed by atoms with Gasteiger partial charge in [-0.25, -0.2) is 0 Å². The van der Waals surface area contributed by atoms with E-state index in [4.69, 9.17) is 4.74 Å². The topological polar surface area (TPSA) is 87.9 Å². The van der Waals surface area contributed by atoms with Gasteiger partial charge in [-0.3, -0.25) is 15.0 Å². The summed E-state index contributed by atoms with van der Waals surface area (Å²) < 4.78 is 5.46. The number of non-ortho nitro benzene ring substituents is 1. The fraction of sp³-hybridized carbons (Fsp3) is 0.625. The van der Waals surface area contributed by atoms with E-state index in [-0.39, 0.29) is 17.5 Å². The Balaban J connectivity index is 1.96. The molecular formula is C16H23N3O4. The van der Waals surface area contributed by atoms with Gasteiger partial charge in [-0.1, -0.05) is 0 Å². The van der Waals surface area contributed by atoms with Gasteiger partial charge in [0.25, 0.3) is 5.69 Å². The van der Waals surface area contributed by atoms with Gasteiger partial charge in [-0.2, -0.15) is 0 Å². The minimum Gasteiger partial charge on any atom is -0.508 e. The maximum absolute atomic E-state index is 11.1. The SMILES string of the molecule is O=[N+]([O-])c1ccc(O)c([C@H](C2CCOCC2)N2CCNCC2)c1. The molecule has 2 aliphatic heterocycles. The first kappa shape index (κ1) is 16.2. The van der Waals surface area contributed by atoms with Crippen LogP contribution in [-0.2, 0) is 4.74 Å². The number of nitrogens with one attached hydrogen (secondary N) is 1. The number of hydrogen-bond acceptors (Lipinski definition) is 6. The monoisotopic (exact) mass is 321 g/mol. The number of nitro groups is 1. The third-order valence-corrected chi connectivity index (χ3v) is 4.80. The smallest absolute Gasteiger partial charge is 0.270 e. The Labute approximate surface area is 135 Å². The van der Waals surface area contributed by atoms with E-state index in [9.17, 15) is 15.2 Å². The lowest BCUT2D eigenvalue weighted by molar-refractivity contribution is -0.385. The number of aromatic hydroxyl groups is 1. The van der Waals surface area contributed by atoms with Crippen molar-refractivity contribution in [2.24, 2.45) is 5.92 Å². The molecule has 0 unspecified atom stereocenters. The minimum absolute atomic E-state index is 0.000833. The first-order chi connectivity index (χ1) is 11.2. The summed E-state index contributed by atoms with van der Waals surface area (Å²) in [6.07, 6.45) is 1.83. The van der Waals surface area contributed by atoms with Gasteiger partial charge in [0.15, 0.2) is 0 Å². The van der Waals surface area contributed by atoms with Gasteiger partial charge in [-0.15, -0.1) is 0 Å². The summed E-state index contributed by atoms with van der Waals surface area (Å²) in [5, 5.41) is 24.8. The first-order valence-corrected chi connectivity index (χ1v) is 8.16. The van der Waals surface area contributed by atoms with E-state index in [1.807, 2.05) is 0 Å². The average molecular weight is 321 g/mol. The molecule has 2 aliphatic rings. The fourth-order valence-corrected chi connectivity index (χ4v) is 3.63. The van der Waals surface area contributed by atoms with Crippen molar-refractivity contribution in [1.82, 2.24) is 10.2 Å². The van der Waals surface area contributed by atoms with Crippen LogP contribution in [0.3, 0.4) is 0 Å². The standard InChI is InChI=1S/C16H23N3O4/c20-15-2-1-13(19(21)22)11-14(15)16(12-3-9-23-10-4-12)18-7-5-17-6-8-18/h1-2,11-12,16-17,20H,3-10H2/t16-/m0/s1. The summed E-state index contributed by atoms with van der Waals surface area (Å²) in [4.78, 5) is 13.1. The number of ether oxygens (including phenoxy) is 1. The van der Waals surface area contributed by atoms with E-state index in [0.717, 1.165) is 39.0 Å². The molecule has 1 atom stereocenters. The fourth-order valence-electron chi connectivity index (χ4n) is 3.63. The summed E-state index contributed by atoms with van der Waals surface area (Å²) in [5.41, 5.74) is 0.706. The normalized spacial score (nSPS) is 21.9. The maximum atomic E-state index is 11.1. The van der Waals surface area contributed by atoms with Crippen molar-refractivity contribution >= 4 is 5.69 Å². The zero-order valence-electron chi connectivity index (χ0n) is 13.1. The van der Waals surface area contributed by atoms with E-state index in [2.05, 4.69) is 10.2 Å². The summed E-state index contributed by atoms with van der Waals surface area (Å²) in [7, 11) is 0. The van der Waals surface area contributed by atoms with Gasteiger partial charge >= 0.3 is 0 Å². The van der Waals surface area contributed by atoms with E-state index in [0.29, 0.717) is 24.7 Å². The molecule has 2 fully saturated rings. The van der Waals surface area contributed by atoms with Crippen molar-refractivity contribution in [2.45, 2.75) is 18.9 Å². The number of benzene rings is 1. The predicted molar refractivity (Wildman–Crippen MR) is 85.5 cm³/mol. The van der Waals surface area contributed by atoms with Crippen LogP contribution in [0.15, 0.2) is 18.2 Å². The largest absolute Gasteiger partial charge is 0.508 e. The van der Waals surface area contributed by atoms with Crippen molar-refractivity contribution < 1.29 is 14.8 Å². The number of phenolic OH excluding ortho intramolecular Hbond substituents is 1. The molecule has 2 N–H and O–H groups in total.